The Morgan fingerprint density at radius 3 is 2.75 bits per heavy atom. The molecule has 0 unspecified atom stereocenters. The molecule has 0 aliphatic heterocycles. The van der Waals surface area contributed by atoms with Crippen LogP contribution in [0.2, 0.25) is 0 Å². The van der Waals surface area contributed by atoms with Crippen molar-refractivity contribution in [2.75, 3.05) is 5.32 Å². The summed E-state index contributed by atoms with van der Waals surface area (Å²) in [5.74, 6) is 0. The van der Waals surface area contributed by atoms with Crippen molar-refractivity contribution in [2.45, 2.75) is 38.1 Å². The van der Waals surface area contributed by atoms with Crippen LogP contribution in [0.5, 0.6) is 0 Å². The van der Waals surface area contributed by atoms with E-state index in [4.69, 9.17) is 0 Å². The largest absolute Gasteiger partial charge is 0.378 e. The molecule has 5 heteroatoms. The Kier molecular flexibility index (Phi) is 3.06. The third-order valence-corrected chi connectivity index (χ3v) is 3.99. The minimum atomic E-state index is -0.105. The molecular weight excluding hydrogens is 270 g/mol. The van der Waals surface area contributed by atoms with Crippen molar-refractivity contribution in [3.63, 3.8) is 0 Å². The van der Waals surface area contributed by atoms with Crippen LogP contribution >= 0.6 is 15.9 Å². The minimum Gasteiger partial charge on any atom is -0.378 e. The van der Waals surface area contributed by atoms with E-state index in [2.05, 4.69) is 33.3 Å². The predicted octanol–water partition coefficient (Wildman–Crippen LogP) is 2.29. The molecule has 0 aromatic carbocycles. The van der Waals surface area contributed by atoms with Gasteiger partial charge in [0.05, 0.1) is 11.9 Å². The molecule has 0 amide bonds. The molecule has 2 rings (SSSR count). The molecule has 0 bridgehead atoms. The van der Waals surface area contributed by atoms with E-state index in [1.165, 1.54) is 17.5 Å². The first-order valence-electron chi connectivity index (χ1n) is 5.52. The first-order valence-corrected chi connectivity index (χ1v) is 6.31. The number of aromatic nitrogens is 2. The highest BCUT2D eigenvalue weighted by atomic mass is 79.9. The smallest absolute Gasteiger partial charge is 0.282 e. The zero-order valence-corrected chi connectivity index (χ0v) is 11.2. The van der Waals surface area contributed by atoms with E-state index in [-0.39, 0.29) is 11.1 Å². The van der Waals surface area contributed by atoms with Gasteiger partial charge in [-0.3, -0.25) is 4.79 Å². The van der Waals surface area contributed by atoms with E-state index >= 15 is 0 Å². The molecular formula is C11H16BrN3O. The maximum Gasteiger partial charge on any atom is 0.282 e. The SMILES string of the molecule is Cn1ncc(NC2(C)CCCC2)c(Br)c1=O. The molecule has 1 aromatic rings. The summed E-state index contributed by atoms with van der Waals surface area (Å²) in [6.07, 6.45) is 6.50. The number of aryl methyl sites for hydroxylation is 1. The lowest BCUT2D eigenvalue weighted by atomic mass is 10.0. The van der Waals surface area contributed by atoms with Crippen molar-refractivity contribution >= 4 is 21.6 Å². The lowest BCUT2D eigenvalue weighted by molar-refractivity contribution is 0.531. The average Bonchev–Trinajstić information content (AvgIpc) is 2.67. The van der Waals surface area contributed by atoms with Crippen LogP contribution in [-0.4, -0.2) is 15.3 Å². The van der Waals surface area contributed by atoms with Crippen LogP contribution in [0.1, 0.15) is 32.6 Å². The van der Waals surface area contributed by atoms with Gasteiger partial charge < -0.3 is 5.32 Å². The number of nitrogens with zero attached hydrogens (tertiary/aromatic N) is 2. The highest BCUT2D eigenvalue weighted by Gasteiger charge is 2.29. The topological polar surface area (TPSA) is 46.9 Å². The quantitative estimate of drug-likeness (QED) is 0.907. The van der Waals surface area contributed by atoms with Crippen LogP contribution in [0.4, 0.5) is 5.69 Å². The first-order chi connectivity index (χ1) is 7.52. The summed E-state index contributed by atoms with van der Waals surface area (Å²) in [6.45, 7) is 2.20. The number of hydrogen-bond donors (Lipinski definition) is 1. The summed E-state index contributed by atoms with van der Waals surface area (Å²) in [7, 11) is 1.65. The molecule has 0 spiro atoms. The highest BCUT2D eigenvalue weighted by molar-refractivity contribution is 9.10. The Hall–Kier alpha value is -0.840. The van der Waals surface area contributed by atoms with Gasteiger partial charge in [-0.05, 0) is 35.7 Å². The Bertz CT molecular complexity index is 449. The van der Waals surface area contributed by atoms with E-state index in [1.54, 1.807) is 13.2 Å². The molecule has 4 nitrogen and oxygen atoms in total. The summed E-state index contributed by atoms with van der Waals surface area (Å²) in [4.78, 5) is 11.7. The summed E-state index contributed by atoms with van der Waals surface area (Å²) in [5.41, 5.74) is 0.801. The van der Waals surface area contributed by atoms with Crippen LogP contribution in [0.25, 0.3) is 0 Å². The molecule has 0 atom stereocenters. The maximum atomic E-state index is 11.7. The van der Waals surface area contributed by atoms with Crippen molar-refractivity contribution in [1.29, 1.82) is 0 Å². The zero-order valence-electron chi connectivity index (χ0n) is 9.59. The molecule has 1 fully saturated rings. The number of halogens is 1. The monoisotopic (exact) mass is 285 g/mol. The summed E-state index contributed by atoms with van der Waals surface area (Å²) in [6, 6.07) is 0. The summed E-state index contributed by atoms with van der Waals surface area (Å²) < 4.78 is 1.89. The lowest BCUT2D eigenvalue weighted by Crippen LogP contribution is -2.32. The van der Waals surface area contributed by atoms with Gasteiger partial charge in [-0.15, -0.1) is 0 Å². The fraction of sp³-hybridized carbons (Fsp3) is 0.636. The molecule has 1 aliphatic rings. The molecule has 1 N–H and O–H groups in total. The van der Waals surface area contributed by atoms with E-state index in [1.807, 2.05) is 0 Å². The fourth-order valence-electron chi connectivity index (χ4n) is 2.20. The molecule has 1 aliphatic carbocycles. The van der Waals surface area contributed by atoms with Gasteiger partial charge in [-0.25, -0.2) is 4.68 Å². The lowest BCUT2D eigenvalue weighted by Gasteiger charge is -2.26. The number of rotatable bonds is 2. The second kappa shape index (κ2) is 4.20. The molecule has 1 aromatic heterocycles. The fourth-order valence-corrected chi connectivity index (χ4v) is 2.66. The molecule has 0 saturated heterocycles. The maximum absolute atomic E-state index is 11.7. The van der Waals surface area contributed by atoms with Crippen LogP contribution < -0.4 is 10.9 Å². The predicted molar refractivity (Wildman–Crippen MR) is 67.7 cm³/mol. The standard InChI is InChI=1S/C11H16BrN3O/c1-11(5-3-4-6-11)14-8-7-13-15(2)10(16)9(8)12/h7,14H,3-6H2,1-2H3. The van der Waals surface area contributed by atoms with E-state index < -0.39 is 0 Å². The van der Waals surface area contributed by atoms with Gasteiger partial charge in [0, 0.05) is 12.6 Å². The van der Waals surface area contributed by atoms with Gasteiger partial charge in [-0.2, -0.15) is 5.10 Å². The third-order valence-electron chi connectivity index (χ3n) is 3.22. The number of anilines is 1. The van der Waals surface area contributed by atoms with E-state index in [9.17, 15) is 4.79 Å². The number of hydrogen-bond acceptors (Lipinski definition) is 3. The Morgan fingerprint density at radius 1 is 1.50 bits per heavy atom. The number of nitrogens with one attached hydrogen (secondary N) is 1. The third kappa shape index (κ3) is 2.14. The second-order valence-corrected chi connectivity index (χ2v) is 5.49. The molecule has 16 heavy (non-hydrogen) atoms. The van der Waals surface area contributed by atoms with Crippen molar-refractivity contribution in [2.24, 2.45) is 7.05 Å². The molecule has 1 heterocycles. The Labute approximate surface area is 103 Å². The van der Waals surface area contributed by atoms with E-state index in [0.29, 0.717) is 4.47 Å². The van der Waals surface area contributed by atoms with Crippen molar-refractivity contribution in [3.05, 3.63) is 21.0 Å². The van der Waals surface area contributed by atoms with Gasteiger partial charge in [0.25, 0.3) is 5.56 Å². The van der Waals surface area contributed by atoms with Crippen molar-refractivity contribution in [3.8, 4) is 0 Å². The van der Waals surface area contributed by atoms with Crippen LogP contribution in [-0.2, 0) is 7.05 Å². The van der Waals surface area contributed by atoms with Crippen LogP contribution in [0, 0.1) is 0 Å². The first kappa shape index (κ1) is 11.6. The minimum absolute atomic E-state index is 0.105. The van der Waals surface area contributed by atoms with Gasteiger partial charge in [0.15, 0.2) is 0 Å². The average molecular weight is 286 g/mol. The Balaban J connectivity index is 2.28. The van der Waals surface area contributed by atoms with E-state index in [0.717, 1.165) is 18.5 Å². The van der Waals surface area contributed by atoms with Gasteiger partial charge in [-0.1, -0.05) is 12.8 Å². The summed E-state index contributed by atoms with van der Waals surface area (Å²) >= 11 is 3.33. The molecule has 1 saturated carbocycles. The molecule has 0 radical (unpaired) electrons. The van der Waals surface area contributed by atoms with Gasteiger partial charge in [0.2, 0.25) is 0 Å². The molecule has 88 valence electrons. The highest BCUT2D eigenvalue weighted by Crippen LogP contribution is 2.33. The van der Waals surface area contributed by atoms with Crippen LogP contribution in [0.3, 0.4) is 0 Å². The Morgan fingerprint density at radius 2 is 2.12 bits per heavy atom. The van der Waals surface area contributed by atoms with Crippen molar-refractivity contribution < 1.29 is 0 Å². The van der Waals surface area contributed by atoms with Gasteiger partial charge in [0.1, 0.15) is 4.47 Å². The zero-order chi connectivity index (χ0) is 11.8. The van der Waals surface area contributed by atoms with Crippen molar-refractivity contribution in [1.82, 2.24) is 9.78 Å². The normalized spacial score (nSPS) is 18.7. The van der Waals surface area contributed by atoms with Crippen LogP contribution in [0.15, 0.2) is 15.5 Å². The summed E-state index contributed by atoms with van der Waals surface area (Å²) in [5, 5.41) is 7.46. The van der Waals surface area contributed by atoms with Gasteiger partial charge >= 0.3 is 0 Å². The second-order valence-electron chi connectivity index (χ2n) is 4.69.